The minimum absolute atomic E-state index is 0.0517. The summed E-state index contributed by atoms with van der Waals surface area (Å²) in [5, 5.41) is 9.64. The number of rotatable bonds is 2. The summed E-state index contributed by atoms with van der Waals surface area (Å²) in [7, 11) is 0. The Morgan fingerprint density at radius 3 is 2.95 bits per heavy atom. The quantitative estimate of drug-likeness (QED) is 0.775. The molecule has 108 valence electrons. The summed E-state index contributed by atoms with van der Waals surface area (Å²) >= 11 is 0. The molecular formula is C14H18N2O4. The number of nitrogens with zero attached hydrogens (tertiary/aromatic N) is 1. The van der Waals surface area contributed by atoms with Crippen LogP contribution in [0.5, 0.6) is 0 Å². The maximum absolute atomic E-state index is 12.1. The lowest BCUT2D eigenvalue weighted by molar-refractivity contribution is 0.0524. The molecule has 1 aliphatic heterocycles. The zero-order valence-electron chi connectivity index (χ0n) is 11.3. The first-order valence-corrected chi connectivity index (χ1v) is 7.16. The van der Waals surface area contributed by atoms with Crippen LogP contribution in [0.1, 0.15) is 18.0 Å². The van der Waals surface area contributed by atoms with Gasteiger partial charge in [0.1, 0.15) is 0 Å². The summed E-state index contributed by atoms with van der Waals surface area (Å²) < 4.78 is 7.51. The van der Waals surface area contributed by atoms with Gasteiger partial charge in [-0.3, -0.25) is 14.3 Å². The van der Waals surface area contributed by atoms with Crippen molar-refractivity contribution in [2.75, 3.05) is 13.2 Å². The van der Waals surface area contributed by atoms with Crippen LogP contribution in [-0.4, -0.2) is 34.0 Å². The van der Waals surface area contributed by atoms with Crippen molar-refractivity contribution in [3.8, 4) is 0 Å². The molecule has 0 unspecified atom stereocenters. The predicted octanol–water partition coefficient (Wildman–Crippen LogP) is -0.341. The molecule has 6 atom stereocenters. The van der Waals surface area contributed by atoms with E-state index >= 15 is 0 Å². The Labute approximate surface area is 115 Å². The SMILES string of the molecule is Cc1cn([C@@H]2[C@@H]3C[C@H]4[C@H](CO[C@H]42)[C@H]3CO)c(=O)[nH]c1=O. The molecule has 1 saturated heterocycles. The molecule has 6 heteroatoms. The van der Waals surface area contributed by atoms with Gasteiger partial charge < -0.3 is 9.84 Å². The third-order valence-corrected chi connectivity index (χ3v) is 5.55. The van der Waals surface area contributed by atoms with Crippen molar-refractivity contribution in [3.63, 3.8) is 0 Å². The molecule has 6 nitrogen and oxygen atoms in total. The Morgan fingerprint density at radius 1 is 1.40 bits per heavy atom. The first-order chi connectivity index (χ1) is 9.61. The number of nitrogens with one attached hydrogen (secondary N) is 1. The van der Waals surface area contributed by atoms with Crippen molar-refractivity contribution in [2.24, 2.45) is 23.7 Å². The van der Waals surface area contributed by atoms with Gasteiger partial charge in [-0.25, -0.2) is 4.79 Å². The Bertz CT molecular complexity index is 664. The summed E-state index contributed by atoms with van der Waals surface area (Å²) in [6, 6.07) is -0.0565. The molecule has 20 heavy (non-hydrogen) atoms. The smallest absolute Gasteiger partial charge is 0.328 e. The van der Waals surface area contributed by atoms with Crippen LogP contribution in [-0.2, 0) is 4.74 Å². The predicted molar refractivity (Wildman–Crippen MR) is 70.5 cm³/mol. The van der Waals surface area contributed by atoms with E-state index in [-0.39, 0.29) is 41.8 Å². The fourth-order valence-corrected chi connectivity index (χ4v) is 4.70. The second-order valence-corrected chi connectivity index (χ2v) is 6.34. The summed E-state index contributed by atoms with van der Waals surface area (Å²) in [6.07, 6.45) is 2.70. The van der Waals surface area contributed by atoms with E-state index in [1.165, 1.54) is 0 Å². The van der Waals surface area contributed by atoms with Gasteiger partial charge in [0.25, 0.3) is 5.56 Å². The van der Waals surface area contributed by atoms with Crippen LogP contribution in [0.3, 0.4) is 0 Å². The third-order valence-electron chi connectivity index (χ3n) is 5.55. The summed E-state index contributed by atoms with van der Waals surface area (Å²) in [4.78, 5) is 26.0. The van der Waals surface area contributed by atoms with Gasteiger partial charge in [-0.15, -0.1) is 0 Å². The highest BCUT2D eigenvalue weighted by atomic mass is 16.5. The molecule has 0 aromatic carbocycles. The van der Waals surface area contributed by atoms with Gasteiger partial charge in [0.15, 0.2) is 0 Å². The minimum atomic E-state index is -0.373. The molecule has 2 bridgehead atoms. The van der Waals surface area contributed by atoms with Crippen molar-refractivity contribution < 1.29 is 9.84 Å². The van der Waals surface area contributed by atoms with Crippen LogP contribution in [0.4, 0.5) is 0 Å². The van der Waals surface area contributed by atoms with Crippen LogP contribution in [0.25, 0.3) is 0 Å². The average molecular weight is 278 g/mol. The molecule has 1 aromatic heterocycles. The van der Waals surface area contributed by atoms with Gasteiger partial charge in [0, 0.05) is 18.4 Å². The number of aromatic nitrogens is 2. The fraction of sp³-hybridized carbons (Fsp3) is 0.714. The van der Waals surface area contributed by atoms with E-state index in [4.69, 9.17) is 4.74 Å². The molecule has 4 rings (SSSR count). The van der Waals surface area contributed by atoms with E-state index in [0.717, 1.165) is 6.42 Å². The normalized spacial score (nSPS) is 41.5. The Hall–Kier alpha value is -1.40. The van der Waals surface area contributed by atoms with Gasteiger partial charge >= 0.3 is 5.69 Å². The van der Waals surface area contributed by atoms with E-state index in [1.807, 2.05) is 0 Å². The lowest BCUT2D eigenvalue weighted by Crippen LogP contribution is -2.42. The largest absolute Gasteiger partial charge is 0.396 e. The number of hydrogen-bond donors (Lipinski definition) is 2. The van der Waals surface area contributed by atoms with Gasteiger partial charge in [-0.1, -0.05) is 0 Å². The van der Waals surface area contributed by atoms with E-state index in [1.54, 1.807) is 17.7 Å². The van der Waals surface area contributed by atoms with Gasteiger partial charge in [-0.05, 0) is 37.0 Å². The zero-order chi connectivity index (χ0) is 14.0. The number of aromatic amines is 1. The number of aryl methyl sites for hydroxylation is 1. The maximum atomic E-state index is 12.1. The molecule has 0 spiro atoms. The van der Waals surface area contributed by atoms with Crippen molar-refractivity contribution in [3.05, 3.63) is 32.6 Å². The van der Waals surface area contributed by atoms with Crippen LogP contribution in [0.15, 0.2) is 15.8 Å². The van der Waals surface area contributed by atoms with E-state index < -0.39 is 0 Å². The number of ether oxygens (including phenoxy) is 1. The number of aliphatic hydroxyl groups is 1. The van der Waals surface area contributed by atoms with Crippen molar-refractivity contribution in [2.45, 2.75) is 25.5 Å². The first-order valence-electron chi connectivity index (χ1n) is 7.16. The van der Waals surface area contributed by atoms with E-state index in [0.29, 0.717) is 24.0 Å². The monoisotopic (exact) mass is 278 g/mol. The van der Waals surface area contributed by atoms with Crippen molar-refractivity contribution in [1.82, 2.24) is 9.55 Å². The minimum Gasteiger partial charge on any atom is -0.396 e. The van der Waals surface area contributed by atoms with Gasteiger partial charge in [0.05, 0.1) is 18.8 Å². The van der Waals surface area contributed by atoms with Crippen LogP contribution in [0, 0.1) is 30.6 Å². The maximum Gasteiger partial charge on any atom is 0.328 e. The highest BCUT2D eigenvalue weighted by molar-refractivity contribution is 5.13. The highest BCUT2D eigenvalue weighted by Crippen LogP contribution is 2.61. The van der Waals surface area contributed by atoms with E-state index in [9.17, 15) is 14.7 Å². The molecule has 0 radical (unpaired) electrons. The Kier molecular flexibility index (Phi) is 2.50. The standard InChI is InChI=1S/C14H18N2O4/c1-6-3-16(14(19)15-13(6)18)11-7-2-8-10(9(7)4-17)5-20-12(8)11/h3,7-12,17H,2,4-5H2,1H3,(H,15,18,19)/t7-,8+,9+,10+,11-,12-/m1/s1. The second-order valence-electron chi connectivity index (χ2n) is 6.34. The molecule has 2 N–H and O–H groups in total. The van der Waals surface area contributed by atoms with Crippen molar-refractivity contribution >= 4 is 0 Å². The number of hydrogen-bond acceptors (Lipinski definition) is 4. The summed E-state index contributed by atoms with van der Waals surface area (Å²) in [5.41, 5.74) is -0.178. The summed E-state index contributed by atoms with van der Waals surface area (Å²) in [6.45, 7) is 2.53. The molecule has 0 amide bonds. The topological polar surface area (TPSA) is 84.3 Å². The lowest BCUT2D eigenvalue weighted by Gasteiger charge is -2.33. The average Bonchev–Trinajstić information content (AvgIpc) is 3.02. The molecule has 2 saturated carbocycles. The second kappa shape index (κ2) is 4.05. The molecule has 3 fully saturated rings. The number of fused-ring (bicyclic) bond motifs is 1. The number of H-pyrrole nitrogens is 1. The molecular weight excluding hydrogens is 260 g/mol. The van der Waals surface area contributed by atoms with Crippen LogP contribution >= 0.6 is 0 Å². The Morgan fingerprint density at radius 2 is 2.20 bits per heavy atom. The molecule has 3 aliphatic rings. The Balaban J connectivity index is 1.82. The molecule has 2 heterocycles. The first kappa shape index (κ1) is 12.3. The zero-order valence-corrected chi connectivity index (χ0v) is 11.3. The van der Waals surface area contributed by atoms with Crippen molar-refractivity contribution in [1.29, 1.82) is 0 Å². The number of aliphatic hydroxyl groups excluding tert-OH is 1. The fourth-order valence-electron chi connectivity index (χ4n) is 4.70. The summed E-state index contributed by atoms with van der Waals surface area (Å²) in [5.74, 6) is 1.36. The third kappa shape index (κ3) is 1.41. The molecule has 2 aliphatic carbocycles. The molecule has 1 aromatic rings. The van der Waals surface area contributed by atoms with Crippen LogP contribution < -0.4 is 11.2 Å². The highest BCUT2D eigenvalue weighted by Gasteiger charge is 2.62. The van der Waals surface area contributed by atoms with Crippen LogP contribution in [0.2, 0.25) is 0 Å². The van der Waals surface area contributed by atoms with E-state index in [2.05, 4.69) is 4.98 Å². The van der Waals surface area contributed by atoms with Gasteiger partial charge in [-0.2, -0.15) is 0 Å². The van der Waals surface area contributed by atoms with Gasteiger partial charge in [0.2, 0.25) is 0 Å². The lowest BCUT2D eigenvalue weighted by atomic mass is 9.78.